The Bertz CT molecular complexity index is 2220. The number of allylic oxidation sites excluding steroid dienone is 1. The average Bonchev–Trinajstić information content (AvgIpc) is 3.32. The van der Waals surface area contributed by atoms with Crippen molar-refractivity contribution < 1.29 is 27.5 Å². The molecule has 286 valence electrons. The number of hydrogen-bond donors (Lipinski definition) is 1. The molecule has 56 heavy (non-hydrogen) atoms. The quantitative estimate of drug-likeness (QED) is 0.170. The van der Waals surface area contributed by atoms with Crippen LogP contribution in [-0.4, -0.2) is 54.2 Å². The maximum absolute atomic E-state index is 15.4. The predicted octanol–water partition coefficient (Wildman–Crippen LogP) is 9.45. The third-order valence-electron chi connectivity index (χ3n) is 11.0. The third-order valence-corrected chi connectivity index (χ3v) is 11.0. The first kappa shape index (κ1) is 37.1. The van der Waals surface area contributed by atoms with E-state index < -0.39 is 11.9 Å². The van der Waals surface area contributed by atoms with Crippen molar-refractivity contribution >= 4 is 23.1 Å². The summed E-state index contributed by atoms with van der Waals surface area (Å²) >= 11 is 0. The second-order valence-electron chi connectivity index (χ2n) is 15.5. The highest BCUT2D eigenvalue weighted by Crippen LogP contribution is 2.49. The molecule has 1 atom stereocenters. The summed E-state index contributed by atoms with van der Waals surface area (Å²) in [6.07, 6.45) is 0.933. The first-order chi connectivity index (χ1) is 27.0. The van der Waals surface area contributed by atoms with Gasteiger partial charge in [-0.1, -0.05) is 74.5 Å². The minimum absolute atomic E-state index is 0.0178. The van der Waals surface area contributed by atoms with Crippen molar-refractivity contribution in [3.63, 3.8) is 0 Å². The summed E-state index contributed by atoms with van der Waals surface area (Å²) < 4.78 is 49.3. The Hall–Kier alpha value is -5.87. The standard InChI is InChI=1S/C46H43F3N4O3/c1-46(2)27-38-43(40(54)28-46)45(32-16-21-36(49)41(26-32)56-35-8-4-3-5-9-35)53(39-11-7-6-10-37(39)50-38)29-42(55)51-22-24-52(25-23-51)44(30-12-17-33(47)18-13-30)31-14-19-34(48)20-15-31/h3-21,26,44-45,50H,22-25,27-29H2,1-2H3. The number of ether oxygens (including phenoxy) is 1. The molecule has 1 unspecified atom stereocenters. The first-order valence-corrected chi connectivity index (χ1v) is 19.0. The van der Waals surface area contributed by atoms with E-state index in [9.17, 15) is 18.4 Å². The lowest BCUT2D eigenvalue weighted by atomic mass is 9.73. The Morgan fingerprint density at radius 2 is 1.41 bits per heavy atom. The van der Waals surface area contributed by atoms with Crippen molar-refractivity contribution in [2.24, 2.45) is 5.41 Å². The zero-order valence-corrected chi connectivity index (χ0v) is 31.4. The number of piperazine rings is 1. The van der Waals surface area contributed by atoms with Crippen LogP contribution in [0.4, 0.5) is 24.5 Å². The van der Waals surface area contributed by atoms with Gasteiger partial charge in [-0.05, 0) is 89.2 Å². The molecule has 0 radical (unpaired) electrons. The summed E-state index contributed by atoms with van der Waals surface area (Å²) in [5.74, 6) is -0.894. The highest BCUT2D eigenvalue weighted by atomic mass is 19.1. The van der Waals surface area contributed by atoms with Crippen LogP contribution in [0.3, 0.4) is 0 Å². The van der Waals surface area contributed by atoms with Gasteiger partial charge in [0.2, 0.25) is 5.91 Å². The second-order valence-corrected chi connectivity index (χ2v) is 15.5. The summed E-state index contributed by atoms with van der Waals surface area (Å²) in [5.41, 5.74) is 4.92. The number of fused-ring (bicyclic) bond motifs is 1. The van der Waals surface area contributed by atoms with E-state index in [0.29, 0.717) is 55.9 Å². The number of carbonyl (C=O) groups excluding carboxylic acids is 2. The third kappa shape index (κ3) is 7.66. The molecule has 2 aliphatic heterocycles. The van der Waals surface area contributed by atoms with Crippen LogP contribution in [-0.2, 0) is 9.59 Å². The molecule has 8 rings (SSSR count). The van der Waals surface area contributed by atoms with Crippen LogP contribution >= 0.6 is 0 Å². The molecule has 0 bridgehead atoms. The average molecular weight is 757 g/mol. The fourth-order valence-corrected chi connectivity index (χ4v) is 8.34. The molecule has 1 amide bonds. The molecule has 1 saturated heterocycles. The Morgan fingerprint density at radius 1 is 0.786 bits per heavy atom. The van der Waals surface area contributed by atoms with E-state index in [1.165, 1.54) is 30.3 Å². The summed E-state index contributed by atoms with van der Waals surface area (Å²) in [5, 5.41) is 3.59. The van der Waals surface area contributed by atoms with Crippen molar-refractivity contribution in [1.82, 2.24) is 9.80 Å². The number of para-hydroxylation sites is 3. The van der Waals surface area contributed by atoms with Gasteiger partial charge in [-0.15, -0.1) is 0 Å². The highest BCUT2D eigenvalue weighted by molar-refractivity contribution is 6.02. The highest BCUT2D eigenvalue weighted by Gasteiger charge is 2.43. The van der Waals surface area contributed by atoms with Gasteiger partial charge in [0.1, 0.15) is 17.4 Å². The van der Waals surface area contributed by atoms with Crippen LogP contribution in [0.15, 0.2) is 133 Å². The molecular weight excluding hydrogens is 714 g/mol. The Labute approximate surface area is 325 Å². The van der Waals surface area contributed by atoms with Crippen LogP contribution in [0.5, 0.6) is 11.5 Å². The maximum Gasteiger partial charge on any atom is 0.242 e. The monoisotopic (exact) mass is 756 g/mol. The van der Waals surface area contributed by atoms with E-state index >= 15 is 4.39 Å². The Balaban J connectivity index is 1.12. The fraction of sp³-hybridized carbons (Fsp3) is 0.261. The van der Waals surface area contributed by atoms with E-state index in [4.69, 9.17) is 4.74 Å². The molecule has 1 fully saturated rings. The summed E-state index contributed by atoms with van der Waals surface area (Å²) in [7, 11) is 0. The second kappa shape index (κ2) is 15.3. The Morgan fingerprint density at radius 3 is 2.07 bits per heavy atom. The van der Waals surface area contributed by atoms with Crippen molar-refractivity contribution in [2.75, 3.05) is 42.9 Å². The van der Waals surface area contributed by atoms with Gasteiger partial charge in [0, 0.05) is 43.9 Å². The molecule has 1 aliphatic carbocycles. The minimum atomic E-state index is -0.727. The zero-order valence-electron chi connectivity index (χ0n) is 31.4. The first-order valence-electron chi connectivity index (χ1n) is 19.0. The van der Waals surface area contributed by atoms with Crippen LogP contribution in [0, 0.1) is 22.9 Å². The molecule has 2 heterocycles. The van der Waals surface area contributed by atoms with Crippen LogP contribution < -0.4 is 15.0 Å². The molecular formula is C46H43F3N4O3. The van der Waals surface area contributed by atoms with Gasteiger partial charge in [-0.25, -0.2) is 13.2 Å². The van der Waals surface area contributed by atoms with Crippen molar-refractivity contribution in [3.05, 3.63) is 167 Å². The number of carbonyl (C=O) groups is 2. The summed E-state index contributed by atoms with van der Waals surface area (Å²) in [4.78, 5) is 34.9. The van der Waals surface area contributed by atoms with Crippen molar-refractivity contribution in [1.29, 1.82) is 0 Å². The topological polar surface area (TPSA) is 65.1 Å². The van der Waals surface area contributed by atoms with Crippen LogP contribution in [0.2, 0.25) is 0 Å². The lowest BCUT2D eigenvalue weighted by Gasteiger charge is -2.41. The number of nitrogens with one attached hydrogen (secondary N) is 1. The largest absolute Gasteiger partial charge is 0.454 e. The van der Waals surface area contributed by atoms with Gasteiger partial charge >= 0.3 is 0 Å². The molecule has 0 aromatic heterocycles. The van der Waals surface area contributed by atoms with E-state index in [-0.39, 0.29) is 47.1 Å². The molecule has 7 nitrogen and oxygen atoms in total. The van der Waals surface area contributed by atoms with Gasteiger partial charge in [-0.2, -0.15) is 0 Å². The number of halogens is 3. The molecule has 0 spiro atoms. The minimum Gasteiger partial charge on any atom is -0.454 e. The van der Waals surface area contributed by atoms with E-state index in [2.05, 4.69) is 24.1 Å². The van der Waals surface area contributed by atoms with Crippen molar-refractivity contribution in [3.8, 4) is 11.5 Å². The van der Waals surface area contributed by atoms with Gasteiger partial charge in [-0.3, -0.25) is 14.5 Å². The van der Waals surface area contributed by atoms with E-state index in [1.54, 1.807) is 48.5 Å². The fourth-order valence-electron chi connectivity index (χ4n) is 8.34. The van der Waals surface area contributed by atoms with Crippen LogP contribution in [0.25, 0.3) is 0 Å². The van der Waals surface area contributed by atoms with Gasteiger partial charge in [0.05, 0.1) is 30.0 Å². The number of hydrogen-bond acceptors (Lipinski definition) is 6. The number of ketones is 1. The lowest BCUT2D eigenvalue weighted by molar-refractivity contribution is -0.131. The molecule has 1 N–H and O–H groups in total. The number of anilines is 2. The molecule has 3 aliphatic rings. The molecule has 10 heteroatoms. The number of benzene rings is 5. The maximum atomic E-state index is 15.4. The van der Waals surface area contributed by atoms with Gasteiger partial charge < -0.3 is 19.9 Å². The SMILES string of the molecule is CC1(C)CC(=O)C2=C(C1)Nc1ccccc1N(CC(=O)N1CCN(C(c3ccc(F)cc3)c3ccc(F)cc3)CC1)C2c1ccc(F)c(Oc2ccccc2)c1. The van der Waals surface area contributed by atoms with Crippen LogP contribution in [0.1, 0.15) is 55.5 Å². The zero-order chi connectivity index (χ0) is 39.0. The van der Waals surface area contributed by atoms with Gasteiger partial charge in [0.15, 0.2) is 17.3 Å². The summed E-state index contributed by atoms with van der Waals surface area (Å²) in [6, 6.07) is 33.0. The normalized spacial score (nSPS) is 18.2. The van der Waals surface area contributed by atoms with Gasteiger partial charge in [0.25, 0.3) is 0 Å². The number of Topliss-reactive ketones (excluding diaryl/α,β-unsaturated/α-hetero) is 1. The molecule has 0 saturated carbocycles. The smallest absolute Gasteiger partial charge is 0.242 e. The summed E-state index contributed by atoms with van der Waals surface area (Å²) in [6.45, 7) is 5.97. The predicted molar refractivity (Wildman–Crippen MR) is 211 cm³/mol. The lowest BCUT2D eigenvalue weighted by Crippen LogP contribution is -2.52. The molecule has 5 aromatic rings. The Kier molecular flexibility index (Phi) is 10.2. The van der Waals surface area contributed by atoms with Crippen molar-refractivity contribution in [2.45, 2.75) is 38.8 Å². The van der Waals surface area contributed by atoms with E-state index in [0.717, 1.165) is 28.2 Å². The number of nitrogens with zero attached hydrogens (tertiary/aromatic N) is 3. The molecule has 5 aromatic carbocycles. The number of rotatable bonds is 8. The number of amides is 1. The van der Waals surface area contributed by atoms with E-state index in [1.807, 2.05) is 52.3 Å².